The topological polar surface area (TPSA) is 146 Å². The molecule has 12 heteroatoms. The van der Waals surface area contributed by atoms with Gasteiger partial charge in [0, 0.05) is 29.5 Å². The number of nitrogens with zero attached hydrogens (tertiary/aromatic N) is 4. The number of benzene rings is 3. The molecular formula is C42H49N7O5. The van der Waals surface area contributed by atoms with Crippen LogP contribution in [-0.2, 0) is 20.9 Å². The van der Waals surface area contributed by atoms with E-state index in [2.05, 4.69) is 84.1 Å². The number of hydrogen-bond acceptors (Lipinski definition) is 7. The molecule has 5 aromatic rings. The van der Waals surface area contributed by atoms with Gasteiger partial charge in [-0.2, -0.15) is 0 Å². The Balaban J connectivity index is 1.05. The first kappa shape index (κ1) is 35.6. The number of hydrogen-bond donors (Lipinski definition) is 3. The molecule has 3 aliphatic rings. The highest BCUT2D eigenvalue weighted by atomic mass is 16.5. The fourth-order valence-electron chi connectivity index (χ4n) is 8.75. The Morgan fingerprint density at radius 3 is 2.57 bits per heavy atom. The van der Waals surface area contributed by atoms with E-state index in [0.29, 0.717) is 18.9 Å². The van der Waals surface area contributed by atoms with Gasteiger partial charge < -0.3 is 34.6 Å². The van der Waals surface area contributed by atoms with Crippen molar-refractivity contribution in [2.24, 2.45) is 5.92 Å². The van der Waals surface area contributed by atoms with Crippen LogP contribution in [0.25, 0.3) is 44.2 Å². The van der Waals surface area contributed by atoms with Gasteiger partial charge in [-0.25, -0.2) is 14.8 Å². The number of methoxy groups -OCH3 is 1. The second-order valence-electron chi connectivity index (χ2n) is 15.3. The van der Waals surface area contributed by atoms with E-state index in [0.717, 1.165) is 106 Å². The molecule has 54 heavy (non-hydrogen) atoms. The van der Waals surface area contributed by atoms with Crippen LogP contribution >= 0.6 is 0 Å². The number of imidazole rings is 2. The SMILES string of the molecule is CCC(C)CC(=O)N1C(c2ncc(-c3ccc4c(c3)COc3cc5c(ccc6nc([C@@H]7CC[C@H](CC)N7C(=O)CNC(=O)OC)[nH]c65)cc3-4)[nH]2)CC[C@@H]1C. The van der Waals surface area contributed by atoms with Gasteiger partial charge in [0.05, 0.1) is 42.1 Å². The third-order valence-electron chi connectivity index (χ3n) is 11.9. The van der Waals surface area contributed by atoms with Crippen LogP contribution in [0, 0.1) is 5.92 Å². The number of aromatic amines is 2. The number of alkyl carbamates (subject to hydrolysis) is 1. The van der Waals surface area contributed by atoms with Crippen molar-refractivity contribution in [3.05, 3.63) is 65.9 Å². The van der Waals surface area contributed by atoms with Crippen molar-refractivity contribution >= 4 is 39.7 Å². The minimum absolute atomic E-state index is 0.0352. The Bertz CT molecular complexity index is 2240. The number of H-pyrrole nitrogens is 2. The fourth-order valence-corrected chi connectivity index (χ4v) is 8.75. The Morgan fingerprint density at radius 1 is 0.963 bits per heavy atom. The van der Waals surface area contributed by atoms with Gasteiger partial charge in [-0.1, -0.05) is 45.4 Å². The largest absolute Gasteiger partial charge is 0.488 e. The Hall–Kier alpha value is -5.39. The zero-order chi connectivity index (χ0) is 37.7. The van der Waals surface area contributed by atoms with E-state index in [1.807, 2.05) is 22.1 Å². The van der Waals surface area contributed by atoms with Gasteiger partial charge in [0.2, 0.25) is 11.8 Å². The van der Waals surface area contributed by atoms with Crippen molar-refractivity contribution in [3.63, 3.8) is 0 Å². The molecule has 3 aliphatic heterocycles. The number of aromatic nitrogens is 4. The first-order chi connectivity index (χ1) is 26.2. The molecule has 282 valence electrons. The highest BCUT2D eigenvalue weighted by molar-refractivity contribution is 6.07. The van der Waals surface area contributed by atoms with Crippen LogP contribution < -0.4 is 10.1 Å². The van der Waals surface area contributed by atoms with E-state index in [9.17, 15) is 14.4 Å². The summed E-state index contributed by atoms with van der Waals surface area (Å²) in [5.74, 6) is 2.82. The molecular weight excluding hydrogens is 683 g/mol. The summed E-state index contributed by atoms with van der Waals surface area (Å²) in [5.41, 5.74) is 6.95. The lowest BCUT2D eigenvalue weighted by Gasteiger charge is -2.29. The van der Waals surface area contributed by atoms with E-state index in [4.69, 9.17) is 14.7 Å². The van der Waals surface area contributed by atoms with Crippen molar-refractivity contribution in [2.45, 2.75) is 103 Å². The third kappa shape index (κ3) is 6.35. The maximum absolute atomic E-state index is 13.3. The first-order valence-electron chi connectivity index (χ1n) is 19.4. The summed E-state index contributed by atoms with van der Waals surface area (Å²) < 4.78 is 11.1. The maximum Gasteiger partial charge on any atom is 0.407 e. The van der Waals surface area contributed by atoms with Gasteiger partial charge in [0.1, 0.15) is 30.5 Å². The number of nitrogens with one attached hydrogen (secondary N) is 3. The molecule has 0 spiro atoms. The van der Waals surface area contributed by atoms with E-state index in [-0.39, 0.29) is 42.5 Å². The van der Waals surface area contributed by atoms with Crippen LogP contribution in [0.5, 0.6) is 5.75 Å². The third-order valence-corrected chi connectivity index (χ3v) is 11.9. The Morgan fingerprint density at radius 2 is 1.78 bits per heavy atom. The second kappa shape index (κ2) is 14.4. The summed E-state index contributed by atoms with van der Waals surface area (Å²) in [6, 6.07) is 14.9. The molecule has 0 saturated carbocycles. The number of rotatable bonds is 9. The normalized spacial score (nSPS) is 21.2. The number of amides is 3. The van der Waals surface area contributed by atoms with Gasteiger partial charge in [0.15, 0.2) is 0 Å². The Kier molecular flexibility index (Phi) is 9.53. The number of likely N-dealkylation sites (tertiary alicyclic amines) is 2. The van der Waals surface area contributed by atoms with E-state index in [1.54, 1.807) is 0 Å². The number of carbonyl (C=O) groups excluding carboxylic acids is 3. The summed E-state index contributed by atoms with van der Waals surface area (Å²) in [7, 11) is 1.28. The predicted octanol–water partition coefficient (Wildman–Crippen LogP) is 7.95. The van der Waals surface area contributed by atoms with Crippen molar-refractivity contribution in [1.29, 1.82) is 0 Å². The minimum atomic E-state index is -0.629. The number of carbonyl (C=O) groups is 3. The number of fused-ring (bicyclic) bond motifs is 6. The summed E-state index contributed by atoms with van der Waals surface area (Å²) in [4.78, 5) is 59.1. The Labute approximate surface area is 315 Å². The van der Waals surface area contributed by atoms with Crippen LogP contribution in [0.4, 0.5) is 4.79 Å². The maximum atomic E-state index is 13.3. The minimum Gasteiger partial charge on any atom is -0.488 e. The van der Waals surface area contributed by atoms with Crippen molar-refractivity contribution in [2.75, 3.05) is 13.7 Å². The van der Waals surface area contributed by atoms with E-state index >= 15 is 0 Å². The molecule has 2 aromatic heterocycles. The average molecular weight is 732 g/mol. The molecule has 5 heterocycles. The van der Waals surface area contributed by atoms with Crippen molar-refractivity contribution < 1.29 is 23.9 Å². The van der Waals surface area contributed by atoms with Crippen LogP contribution in [-0.4, -0.2) is 73.4 Å². The molecule has 2 saturated heterocycles. The molecule has 2 fully saturated rings. The summed E-state index contributed by atoms with van der Waals surface area (Å²) in [6.07, 6.45) is 7.16. The number of ether oxygens (including phenoxy) is 2. The van der Waals surface area contributed by atoms with Gasteiger partial charge in [-0.3, -0.25) is 9.59 Å². The van der Waals surface area contributed by atoms with Gasteiger partial charge in [-0.05, 0) is 91.3 Å². The van der Waals surface area contributed by atoms with Gasteiger partial charge in [0.25, 0.3) is 0 Å². The molecule has 3 N–H and O–H groups in total. The van der Waals surface area contributed by atoms with Crippen molar-refractivity contribution in [3.8, 4) is 28.1 Å². The molecule has 3 amide bonds. The molecule has 0 radical (unpaired) electrons. The summed E-state index contributed by atoms with van der Waals surface area (Å²) >= 11 is 0. The van der Waals surface area contributed by atoms with Gasteiger partial charge >= 0.3 is 6.09 Å². The lowest BCUT2D eigenvalue weighted by molar-refractivity contribution is -0.135. The summed E-state index contributed by atoms with van der Waals surface area (Å²) in [6.45, 7) is 8.80. The summed E-state index contributed by atoms with van der Waals surface area (Å²) in [5, 5.41) is 4.59. The van der Waals surface area contributed by atoms with E-state index < -0.39 is 6.09 Å². The first-order valence-corrected chi connectivity index (χ1v) is 19.4. The van der Waals surface area contributed by atoms with Gasteiger partial charge in [-0.15, -0.1) is 0 Å². The molecule has 0 bridgehead atoms. The smallest absolute Gasteiger partial charge is 0.407 e. The zero-order valence-electron chi connectivity index (χ0n) is 31.7. The standard InChI is InChI=1S/C42H49N7O5/c1-6-23(3)16-37(50)48-24(4)8-14-34(48)40-43-20-33(46-40)26-9-12-29-27(17-26)22-54-36-19-30-25(18-31(29)36)10-13-32-39(30)47-41(45-32)35-15-11-28(7-2)49(35)38(51)21-44-42(52)53-5/h9-10,12-13,17-20,23-24,28,34-35H,6-8,11,14-16,21-22H2,1-5H3,(H,43,46)(H,44,52)(H,45,47)/t23?,24-,28-,34?,35-/m0/s1. The van der Waals surface area contributed by atoms with Crippen LogP contribution in [0.2, 0.25) is 0 Å². The lowest BCUT2D eigenvalue weighted by atomic mass is 9.92. The highest BCUT2D eigenvalue weighted by Crippen LogP contribution is 2.44. The quantitative estimate of drug-likeness (QED) is 0.140. The monoisotopic (exact) mass is 731 g/mol. The van der Waals surface area contributed by atoms with Crippen molar-refractivity contribution in [1.82, 2.24) is 35.1 Å². The fraction of sp³-hybridized carbons (Fsp3) is 0.452. The zero-order valence-corrected chi connectivity index (χ0v) is 31.7. The lowest BCUT2D eigenvalue weighted by Crippen LogP contribution is -2.43. The second-order valence-corrected chi connectivity index (χ2v) is 15.3. The van der Waals surface area contributed by atoms with Crippen LogP contribution in [0.1, 0.15) is 102 Å². The molecule has 5 atom stereocenters. The predicted molar refractivity (Wildman–Crippen MR) is 207 cm³/mol. The molecule has 3 aromatic carbocycles. The average Bonchev–Trinajstić information content (AvgIpc) is 4.00. The molecule has 2 unspecified atom stereocenters. The van der Waals surface area contributed by atoms with Crippen LogP contribution in [0.15, 0.2) is 48.7 Å². The highest BCUT2D eigenvalue weighted by Gasteiger charge is 2.39. The molecule has 12 nitrogen and oxygen atoms in total. The van der Waals surface area contributed by atoms with E-state index in [1.165, 1.54) is 7.11 Å². The van der Waals surface area contributed by atoms with Crippen LogP contribution in [0.3, 0.4) is 0 Å². The molecule has 0 aliphatic carbocycles. The molecule has 8 rings (SSSR count).